The molecule has 1 unspecified atom stereocenters. The molecule has 34 heavy (non-hydrogen) atoms. The van der Waals surface area contributed by atoms with Crippen LogP contribution in [0.5, 0.6) is 0 Å². The Morgan fingerprint density at radius 2 is 1.68 bits per heavy atom. The number of carbonyl (C=O) groups is 2. The lowest BCUT2D eigenvalue weighted by molar-refractivity contribution is -0.157. The molecule has 2 atom stereocenters. The van der Waals surface area contributed by atoms with Gasteiger partial charge in [0.1, 0.15) is 29.2 Å². The van der Waals surface area contributed by atoms with E-state index in [2.05, 4.69) is 10.3 Å². The molecule has 0 heterocycles. The van der Waals surface area contributed by atoms with E-state index >= 15 is 0 Å². The molecule has 1 amide bonds. The van der Waals surface area contributed by atoms with Gasteiger partial charge < -0.3 is 29.9 Å². The number of nitrogens with zero attached hydrogens (tertiary/aromatic N) is 1. The molecule has 192 valence electrons. The van der Waals surface area contributed by atoms with Crippen molar-refractivity contribution in [2.75, 3.05) is 12.7 Å². The van der Waals surface area contributed by atoms with E-state index in [9.17, 15) is 19.0 Å². The van der Waals surface area contributed by atoms with E-state index < -0.39 is 43.1 Å². The van der Waals surface area contributed by atoms with Gasteiger partial charge in [0.15, 0.2) is 0 Å². The average Bonchev–Trinajstić information content (AvgIpc) is 2.66. The van der Waals surface area contributed by atoms with E-state index in [0.717, 1.165) is 5.56 Å². The normalized spacial score (nSPS) is 15.2. The lowest BCUT2D eigenvalue weighted by atomic mass is 10.1. The van der Waals surface area contributed by atoms with E-state index in [0.29, 0.717) is 6.42 Å². The van der Waals surface area contributed by atoms with E-state index in [1.165, 1.54) is 0 Å². The molecule has 0 aliphatic rings. The van der Waals surface area contributed by atoms with Gasteiger partial charge in [-0.15, -0.1) is 0 Å². The maximum absolute atomic E-state index is 12.5. The smallest absolute Gasteiger partial charge is 0.408 e. The Kier molecular flexibility index (Phi) is 11.2. The molecule has 4 N–H and O–H groups in total. The predicted molar refractivity (Wildman–Crippen MR) is 131 cm³/mol. The van der Waals surface area contributed by atoms with Gasteiger partial charge in [-0.1, -0.05) is 30.3 Å². The van der Waals surface area contributed by atoms with Crippen LogP contribution in [0.3, 0.4) is 0 Å². The summed E-state index contributed by atoms with van der Waals surface area (Å²) >= 11 is 0. The summed E-state index contributed by atoms with van der Waals surface area (Å²) in [7, 11) is -3.96. The largest absolute Gasteiger partial charge is 0.458 e. The molecule has 1 aromatic carbocycles. The number of benzene rings is 1. The molecule has 0 aliphatic heterocycles. The number of hydrogen-bond acceptors (Lipinski definition) is 7. The summed E-state index contributed by atoms with van der Waals surface area (Å²) in [6.45, 7) is 10.5. The molecule has 1 aromatic rings. The first-order chi connectivity index (χ1) is 15.6. The van der Waals surface area contributed by atoms with Crippen LogP contribution in [0, 0.1) is 0 Å². The first-order valence-electron chi connectivity index (χ1n) is 11.1. The standard InChI is InChI=1S/C23H38N3O7P/c1-22(2,3)32-20(27)18(26-21(28)33-23(4,5)6)13-10-14-25-19(24)16-34(29,30)31-15-17-11-8-7-9-12-17/h7-9,11-12,18H,10,13-16H2,1-6H3,(H2,24,25)(H,26,28)(H,29,30)/t18-/m0/s1. The van der Waals surface area contributed by atoms with Crippen LogP contribution in [0.15, 0.2) is 35.3 Å². The summed E-state index contributed by atoms with van der Waals surface area (Å²) in [5.41, 5.74) is 5.11. The Labute approximate surface area is 201 Å². The Balaban J connectivity index is 2.61. The third-order valence-electron chi connectivity index (χ3n) is 3.99. The van der Waals surface area contributed by atoms with Crippen LogP contribution < -0.4 is 11.1 Å². The van der Waals surface area contributed by atoms with E-state index in [1.54, 1.807) is 65.8 Å². The van der Waals surface area contributed by atoms with Crippen molar-refractivity contribution in [2.24, 2.45) is 10.7 Å². The van der Waals surface area contributed by atoms with Crippen molar-refractivity contribution >= 4 is 25.5 Å². The fourth-order valence-electron chi connectivity index (χ4n) is 2.64. The minimum absolute atomic E-state index is 0.0181. The fraction of sp³-hybridized carbons (Fsp3) is 0.609. The number of hydrogen-bond donors (Lipinski definition) is 3. The Bertz CT molecular complexity index is 877. The SMILES string of the molecule is CC(C)(C)OC(=O)N[C@@H](CCCN=C(N)CP(=O)(O)OCc1ccccc1)C(=O)OC(C)(C)C. The number of nitrogens with two attached hydrogens (primary N) is 1. The zero-order valence-electron chi connectivity index (χ0n) is 20.9. The van der Waals surface area contributed by atoms with Crippen LogP contribution in [0.1, 0.15) is 59.9 Å². The summed E-state index contributed by atoms with van der Waals surface area (Å²) in [6, 6.07) is 8.07. The van der Waals surface area contributed by atoms with Crippen LogP contribution in [0.4, 0.5) is 4.79 Å². The number of ether oxygens (including phenoxy) is 2. The number of nitrogens with one attached hydrogen (secondary N) is 1. The number of amides is 1. The predicted octanol–water partition coefficient (Wildman–Crippen LogP) is 3.76. The first-order valence-corrected chi connectivity index (χ1v) is 12.8. The van der Waals surface area contributed by atoms with Crippen LogP contribution in [-0.2, 0) is 30.0 Å². The lowest BCUT2D eigenvalue weighted by Gasteiger charge is -2.26. The molecule has 0 fully saturated rings. The van der Waals surface area contributed by atoms with Gasteiger partial charge in [-0.2, -0.15) is 0 Å². The van der Waals surface area contributed by atoms with Crippen LogP contribution >= 0.6 is 7.60 Å². The van der Waals surface area contributed by atoms with Gasteiger partial charge in [0.2, 0.25) is 0 Å². The molecule has 11 heteroatoms. The fourth-order valence-corrected chi connectivity index (χ4v) is 3.59. The van der Waals surface area contributed by atoms with Gasteiger partial charge in [0.25, 0.3) is 0 Å². The van der Waals surface area contributed by atoms with Gasteiger partial charge in [0.05, 0.1) is 6.61 Å². The number of alkyl carbamates (subject to hydrolysis) is 1. The van der Waals surface area contributed by atoms with Crippen LogP contribution in [0.2, 0.25) is 0 Å². The van der Waals surface area contributed by atoms with E-state index in [1.807, 2.05) is 6.07 Å². The second-order valence-electron chi connectivity index (χ2n) is 9.80. The molecule has 0 radical (unpaired) electrons. The van der Waals surface area contributed by atoms with Crippen LogP contribution in [-0.4, -0.2) is 52.7 Å². The van der Waals surface area contributed by atoms with Crippen LogP contribution in [0.25, 0.3) is 0 Å². The number of amidine groups is 1. The summed E-state index contributed by atoms with van der Waals surface area (Å²) in [6.07, 6.45) is -0.568. The number of aliphatic imine (C=N–C) groups is 1. The van der Waals surface area contributed by atoms with Crippen molar-refractivity contribution in [2.45, 2.75) is 78.2 Å². The van der Waals surface area contributed by atoms with Gasteiger partial charge in [-0.3, -0.25) is 9.56 Å². The van der Waals surface area contributed by atoms with Gasteiger partial charge in [0, 0.05) is 6.54 Å². The molecule has 1 rings (SSSR count). The highest BCUT2D eigenvalue weighted by Crippen LogP contribution is 2.42. The van der Waals surface area contributed by atoms with Crippen molar-refractivity contribution < 1.29 is 33.0 Å². The molecule has 0 saturated heterocycles. The number of carbonyl (C=O) groups excluding carboxylic acids is 2. The zero-order valence-corrected chi connectivity index (χ0v) is 21.8. The molecule has 0 spiro atoms. The number of rotatable bonds is 11. The van der Waals surface area contributed by atoms with Crippen molar-refractivity contribution in [3.8, 4) is 0 Å². The Morgan fingerprint density at radius 1 is 1.09 bits per heavy atom. The summed E-state index contributed by atoms with van der Waals surface area (Å²) in [4.78, 5) is 38.8. The van der Waals surface area contributed by atoms with Crippen molar-refractivity contribution in [3.63, 3.8) is 0 Å². The van der Waals surface area contributed by atoms with Crippen molar-refractivity contribution in [1.82, 2.24) is 5.32 Å². The quantitative estimate of drug-likeness (QED) is 0.137. The van der Waals surface area contributed by atoms with Gasteiger partial charge in [-0.25, -0.2) is 9.59 Å². The molecule has 0 aromatic heterocycles. The zero-order chi connectivity index (χ0) is 26.0. The second kappa shape index (κ2) is 12.9. The molecular weight excluding hydrogens is 461 g/mol. The molecular formula is C23H38N3O7P. The molecule has 10 nitrogen and oxygen atoms in total. The van der Waals surface area contributed by atoms with Crippen molar-refractivity contribution in [1.29, 1.82) is 0 Å². The molecule has 0 bridgehead atoms. The topological polar surface area (TPSA) is 150 Å². The highest BCUT2D eigenvalue weighted by Gasteiger charge is 2.28. The maximum atomic E-state index is 12.5. The monoisotopic (exact) mass is 499 g/mol. The summed E-state index contributed by atoms with van der Waals surface area (Å²) in [5, 5.41) is 2.53. The Morgan fingerprint density at radius 3 is 2.24 bits per heavy atom. The highest BCUT2D eigenvalue weighted by atomic mass is 31.2. The molecule has 0 aliphatic carbocycles. The third kappa shape index (κ3) is 14.0. The highest BCUT2D eigenvalue weighted by molar-refractivity contribution is 7.53. The molecule has 0 saturated carbocycles. The second-order valence-corrected chi connectivity index (χ2v) is 11.7. The summed E-state index contributed by atoms with van der Waals surface area (Å²) < 4.78 is 28.0. The lowest BCUT2D eigenvalue weighted by Crippen LogP contribution is -2.46. The Hall–Kier alpha value is -2.42. The average molecular weight is 500 g/mol. The first kappa shape index (κ1) is 29.6. The minimum atomic E-state index is -3.96. The van der Waals surface area contributed by atoms with Crippen molar-refractivity contribution in [3.05, 3.63) is 35.9 Å². The van der Waals surface area contributed by atoms with E-state index in [-0.39, 0.29) is 25.4 Å². The third-order valence-corrected chi connectivity index (χ3v) is 5.24. The van der Waals surface area contributed by atoms with E-state index in [4.69, 9.17) is 19.7 Å². The maximum Gasteiger partial charge on any atom is 0.408 e. The van der Waals surface area contributed by atoms with Gasteiger partial charge >= 0.3 is 19.7 Å². The number of esters is 1. The summed E-state index contributed by atoms with van der Waals surface area (Å²) in [5.74, 6) is -0.628. The minimum Gasteiger partial charge on any atom is -0.458 e. The van der Waals surface area contributed by atoms with Gasteiger partial charge in [-0.05, 0) is 59.9 Å².